The van der Waals surface area contributed by atoms with Crippen molar-refractivity contribution in [3.63, 3.8) is 0 Å². The van der Waals surface area contributed by atoms with Gasteiger partial charge in [0.2, 0.25) is 5.91 Å². The molecule has 0 saturated carbocycles. The molecule has 2 heterocycles. The van der Waals surface area contributed by atoms with Crippen LogP contribution in [0.1, 0.15) is 0 Å². The van der Waals surface area contributed by atoms with E-state index < -0.39 is 11.9 Å². The summed E-state index contributed by atoms with van der Waals surface area (Å²) in [6.07, 6.45) is 3.23. The van der Waals surface area contributed by atoms with Crippen molar-refractivity contribution in [3.05, 3.63) is 54.6 Å². The first-order chi connectivity index (χ1) is 12.5. The highest BCUT2D eigenvalue weighted by Crippen LogP contribution is 2.27. The van der Waals surface area contributed by atoms with Crippen molar-refractivity contribution in [3.8, 4) is 17.1 Å². The zero-order chi connectivity index (χ0) is 18.5. The van der Waals surface area contributed by atoms with Crippen LogP contribution in [0.5, 0.6) is 0 Å². The van der Waals surface area contributed by atoms with E-state index in [2.05, 4.69) is 15.2 Å². The predicted octanol–water partition coefficient (Wildman–Crippen LogP) is 1.76. The quantitative estimate of drug-likeness (QED) is 0.659. The molecule has 132 valence electrons. The van der Waals surface area contributed by atoms with Crippen molar-refractivity contribution in [1.29, 1.82) is 0 Å². The van der Waals surface area contributed by atoms with Gasteiger partial charge >= 0.3 is 6.03 Å². The fourth-order valence-electron chi connectivity index (χ4n) is 2.18. The molecule has 26 heavy (non-hydrogen) atoms. The van der Waals surface area contributed by atoms with Crippen LogP contribution in [0.3, 0.4) is 0 Å². The molecule has 3 aromatic rings. The number of nitrogens with one attached hydrogen (secondary N) is 1. The zero-order valence-electron chi connectivity index (χ0n) is 13.3. The summed E-state index contributed by atoms with van der Waals surface area (Å²) in [4.78, 5) is 26.4. The number of urea groups is 1. The first-order valence-corrected chi connectivity index (χ1v) is 8.37. The Morgan fingerprint density at radius 2 is 1.81 bits per heavy atom. The molecule has 0 atom stereocenters. The Balaban J connectivity index is 1.97. The zero-order valence-corrected chi connectivity index (χ0v) is 14.1. The summed E-state index contributed by atoms with van der Waals surface area (Å²) in [7, 11) is 0. The number of hydrogen-bond acceptors (Lipinski definition) is 6. The topological polar surface area (TPSA) is 116 Å². The molecule has 2 aromatic heterocycles. The second kappa shape index (κ2) is 7.74. The van der Waals surface area contributed by atoms with Crippen molar-refractivity contribution in [2.24, 2.45) is 5.73 Å². The first-order valence-electron chi connectivity index (χ1n) is 7.38. The third kappa shape index (κ3) is 4.03. The SMILES string of the molecule is NC(=O)NC(=O)CSc1nnc(-c2ccncc2)n1-c1ccc(F)cc1. The molecule has 0 unspecified atom stereocenters. The number of carbonyl (C=O) groups excluding carboxylic acids is 2. The molecule has 0 aliphatic heterocycles. The molecule has 10 heteroatoms. The molecule has 3 amide bonds. The van der Waals surface area contributed by atoms with Crippen molar-refractivity contribution in [2.75, 3.05) is 5.75 Å². The number of thioether (sulfide) groups is 1. The molecular formula is C16H13FN6O2S. The minimum atomic E-state index is -0.923. The Bertz CT molecular complexity index is 930. The lowest BCUT2D eigenvalue weighted by atomic mass is 10.2. The lowest BCUT2D eigenvalue weighted by Crippen LogP contribution is -2.36. The third-order valence-corrected chi connectivity index (χ3v) is 4.18. The standard InChI is InChI=1S/C16H13FN6O2S/c17-11-1-3-12(4-2-11)23-14(10-5-7-19-8-6-10)21-22-16(23)26-9-13(24)20-15(18)25/h1-8H,9H2,(H3,18,20,24,25). The number of halogens is 1. The molecule has 3 rings (SSSR count). The van der Waals surface area contributed by atoms with Gasteiger partial charge in [-0.2, -0.15) is 0 Å². The van der Waals surface area contributed by atoms with Crippen LogP contribution in [0, 0.1) is 5.82 Å². The summed E-state index contributed by atoms with van der Waals surface area (Å²) in [5.74, 6) is -0.501. The van der Waals surface area contributed by atoms with Gasteiger partial charge in [0.1, 0.15) is 5.82 Å². The average molecular weight is 372 g/mol. The Kier molecular flexibility index (Phi) is 5.23. The predicted molar refractivity (Wildman–Crippen MR) is 93.0 cm³/mol. The number of rotatable bonds is 5. The number of nitrogens with zero attached hydrogens (tertiary/aromatic N) is 4. The van der Waals surface area contributed by atoms with E-state index in [1.165, 1.54) is 12.1 Å². The highest BCUT2D eigenvalue weighted by molar-refractivity contribution is 7.99. The van der Waals surface area contributed by atoms with Gasteiger partial charge in [0, 0.05) is 23.6 Å². The van der Waals surface area contributed by atoms with Crippen molar-refractivity contribution in [1.82, 2.24) is 25.1 Å². The van der Waals surface area contributed by atoms with E-state index in [0.29, 0.717) is 16.7 Å². The van der Waals surface area contributed by atoms with E-state index in [-0.39, 0.29) is 11.6 Å². The molecule has 3 N–H and O–H groups in total. The number of hydrogen-bond donors (Lipinski definition) is 2. The summed E-state index contributed by atoms with van der Waals surface area (Å²) < 4.78 is 15.0. The molecule has 0 aliphatic carbocycles. The summed E-state index contributed by atoms with van der Waals surface area (Å²) in [5.41, 5.74) is 6.30. The van der Waals surface area contributed by atoms with Crippen LogP contribution in [0.15, 0.2) is 53.9 Å². The summed E-state index contributed by atoms with van der Waals surface area (Å²) in [6.45, 7) is 0. The van der Waals surface area contributed by atoms with Gasteiger partial charge in [-0.05, 0) is 36.4 Å². The molecule has 0 aliphatic rings. The Hall–Kier alpha value is -3.27. The van der Waals surface area contributed by atoms with E-state index >= 15 is 0 Å². The van der Waals surface area contributed by atoms with Crippen molar-refractivity contribution >= 4 is 23.7 Å². The summed E-state index contributed by atoms with van der Waals surface area (Å²) in [6, 6.07) is 8.40. The maximum absolute atomic E-state index is 13.3. The average Bonchev–Trinajstić information content (AvgIpc) is 3.05. The highest BCUT2D eigenvalue weighted by Gasteiger charge is 2.17. The van der Waals surface area contributed by atoms with Crippen LogP contribution in [0.4, 0.5) is 9.18 Å². The molecule has 0 fully saturated rings. The van der Waals surface area contributed by atoms with Crippen LogP contribution in [0.25, 0.3) is 17.1 Å². The molecule has 0 saturated heterocycles. The number of aromatic nitrogens is 4. The first kappa shape index (κ1) is 17.5. The fraction of sp³-hybridized carbons (Fsp3) is 0.0625. The van der Waals surface area contributed by atoms with Gasteiger partial charge < -0.3 is 5.73 Å². The smallest absolute Gasteiger partial charge is 0.318 e. The second-order valence-corrected chi connectivity index (χ2v) is 6.00. The van der Waals surface area contributed by atoms with Crippen LogP contribution in [0.2, 0.25) is 0 Å². The second-order valence-electron chi connectivity index (χ2n) is 5.05. The fourth-order valence-corrected chi connectivity index (χ4v) is 2.93. The Labute approximate surface area is 151 Å². The van der Waals surface area contributed by atoms with E-state index in [0.717, 1.165) is 17.3 Å². The molecular weight excluding hydrogens is 359 g/mol. The lowest BCUT2D eigenvalue weighted by Gasteiger charge is -2.10. The highest BCUT2D eigenvalue weighted by atomic mass is 32.2. The van der Waals surface area contributed by atoms with Gasteiger partial charge in [0.05, 0.1) is 5.75 Å². The number of primary amides is 1. The van der Waals surface area contributed by atoms with E-state index in [1.54, 1.807) is 41.2 Å². The Morgan fingerprint density at radius 3 is 2.46 bits per heavy atom. The van der Waals surface area contributed by atoms with Crippen LogP contribution >= 0.6 is 11.8 Å². The maximum atomic E-state index is 13.3. The minimum Gasteiger partial charge on any atom is -0.351 e. The van der Waals surface area contributed by atoms with Crippen molar-refractivity contribution in [2.45, 2.75) is 5.16 Å². The molecule has 8 nitrogen and oxygen atoms in total. The molecule has 1 aromatic carbocycles. The monoisotopic (exact) mass is 372 g/mol. The summed E-state index contributed by atoms with van der Waals surface area (Å²) >= 11 is 1.07. The van der Waals surface area contributed by atoms with Gasteiger partial charge in [0.25, 0.3) is 0 Å². The number of pyridine rings is 1. The maximum Gasteiger partial charge on any atom is 0.318 e. The van der Waals surface area contributed by atoms with Crippen LogP contribution in [-0.2, 0) is 4.79 Å². The van der Waals surface area contributed by atoms with E-state index in [9.17, 15) is 14.0 Å². The molecule has 0 radical (unpaired) electrons. The minimum absolute atomic E-state index is 0.0847. The number of nitrogens with two attached hydrogens (primary N) is 1. The molecule has 0 bridgehead atoms. The number of imide groups is 1. The van der Waals surface area contributed by atoms with Gasteiger partial charge in [0.15, 0.2) is 11.0 Å². The lowest BCUT2D eigenvalue weighted by molar-refractivity contribution is -0.117. The molecule has 0 spiro atoms. The van der Waals surface area contributed by atoms with Crippen LogP contribution < -0.4 is 11.1 Å². The largest absolute Gasteiger partial charge is 0.351 e. The van der Waals surface area contributed by atoms with Gasteiger partial charge in [-0.25, -0.2) is 9.18 Å². The normalized spacial score (nSPS) is 10.5. The van der Waals surface area contributed by atoms with Crippen LogP contribution in [-0.4, -0.2) is 37.4 Å². The van der Waals surface area contributed by atoms with Gasteiger partial charge in [-0.15, -0.1) is 10.2 Å². The van der Waals surface area contributed by atoms with E-state index in [1.807, 2.05) is 5.32 Å². The van der Waals surface area contributed by atoms with Crippen molar-refractivity contribution < 1.29 is 14.0 Å². The number of benzene rings is 1. The Morgan fingerprint density at radius 1 is 1.12 bits per heavy atom. The summed E-state index contributed by atoms with van der Waals surface area (Å²) in [5, 5.41) is 10.7. The number of amides is 3. The van der Waals surface area contributed by atoms with Gasteiger partial charge in [-0.1, -0.05) is 11.8 Å². The van der Waals surface area contributed by atoms with Gasteiger partial charge in [-0.3, -0.25) is 19.7 Å². The third-order valence-electron chi connectivity index (χ3n) is 3.25. The van der Waals surface area contributed by atoms with E-state index in [4.69, 9.17) is 5.73 Å². The number of carbonyl (C=O) groups is 2.